The lowest BCUT2D eigenvalue weighted by molar-refractivity contribution is 0.398. The Kier molecular flexibility index (Phi) is 4.39. The van der Waals surface area contributed by atoms with Gasteiger partial charge in [-0.1, -0.05) is 42.5 Å². The van der Waals surface area contributed by atoms with Gasteiger partial charge < -0.3 is 9.47 Å². The fourth-order valence-corrected chi connectivity index (χ4v) is 2.43. The Morgan fingerprint density at radius 1 is 1.00 bits per heavy atom. The van der Waals surface area contributed by atoms with Gasteiger partial charge in [-0.15, -0.1) is 0 Å². The summed E-state index contributed by atoms with van der Waals surface area (Å²) in [6.07, 6.45) is 0. The minimum absolute atomic E-state index is 0.321. The van der Waals surface area contributed by atoms with Crippen molar-refractivity contribution >= 4 is 34.0 Å². The number of methoxy groups -OCH3 is 1. The second-order valence-corrected chi connectivity index (χ2v) is 5.29. The molecule has 0 unspecified atom stereocenters. The van der Waals surface area contributed by atoms with Crippen LogP contribution in [-0.2, 0) is 0 Å². The Bertz CT molecular complexity index is 846. The van der Waals surface area contributed by atoms with Gasteiger partial charge in [0.2, 0.25) is 5.88 Å². The molecule has 2 aromatic carbocycles. The van der Waals surface area contributed by atoms with Crippen molar-refractivity contribution in [3.05, 3.63) is 60.7 Å². The number of nitrogens with zero attached hydrogens (tertiary/aromatic N) is 2. The van der Waals surface area contributed by atoms with Crippen LogP contribution in [0.25, 0.3) is 10.8 Å². The van der Waals surface area contributed by atoms with Gasteiger partial charge in [-0.05, 0) is 29.7 Å². The molecular weight excluding hydrogens is 308 g/mol. The van der Waals surface area contributed by atoms with E-state index in [1.165, 1.54) is 0 Å². The van der Waals surface area contributed by atoms with Gasteiger partial charge in [0.05, 0.1) is 7.11 Å². The molecule has 0 bridgehead atoms. The van der Waals surface area contributed by atoms with Crippen molar-refractivity contribution < 1.29 is 9.47 Å². The number of pyridine rings is 1. The van der Waals surface area contributed by atoms with Crippen molar-refractivity contribution in [2.24, 2.45) is 0 Å². The summed E-state index contributed by atoms with van der Waals surface area (Å²) < 4.78 is 11.0. The monoisotopic (exact) mass is 324 g/mol. The van der Waals surface area contributed by atoms with Crippen molar-refractivity contribution in [1.82, 2.24) is 4.98 Å². The molecule has 0 saturated carbocycles. The maximum absolute atomic E-state index is 5.89. The molecule has 0 radical (unpaired) electrons. The Balaban J connectivity index is 1.85. The first-order valence-corrected chi connectivity index (χ1v) is 7.54. The predicted octanol–water partition coefficient (Wildman–Crippen LogP) is 4.04. The third-order valence-corrected chi connectivity index (χ3v) is 3.84. The normalized spacial score (nSPS) is 10.3. The van der Waals surface area contributed by atoms with E-state index in [4.69, 9.17) is 21.7 Å². The molecule has 4 nitrogen and oxygen atoms in total. The molecule has 0 aliphatic rings. The van der Waals surface area contributed by atoms with Crippen molar-refractivity contribution in [3.63, 3.8) is 0 Å². The van der Waals surface area contributed by atoms with Crippen LogP contribution in [0.4, 0.5) is 5.82 Å². The summed E-state index contributed by atoms with van der Waals surface area (Å²) in [4.78, 5) is 6.06. The molecule has 1 heterocycles. The van der Waals surface area contributed by atoms with Crippen LogP contribution in [0.15, 0.2) is 60.7 Å². The molecular formula is C18H16N2O2S. The minimum Gasteiger partial charge on any atom is -0.481 e. The van der Waals surface area contributed by atoms with E-state index in [1.807, 2.05) is 61.6 Å². The van der Waals surface area contributed by atoms with Crippen LogP contribution >= 0.6 is 12.2 Å². The summed E-state index contributed by atoms with van der Waals surface area (Å²) in [5.74, 6) is 1.92. The summed E-state index contributed by atoms with van der Waals surface area (Å²) in [7, 11) is 3.40. The quantitative estimate of drug-likeness (QED) is 0.679. The molecule has 0 saturated heterocycles. The molecule has 0 atom stereocenters. The highest BCUT2D eigenvalue weighted by Gasteiger charge is 2.12. The number of benzene rings is 2. The van der Waals surface area contributed by atoms with Crippen molar-refractivity contribution in [3.8, 4) is 11.6 Å². The highest BCUT2D eigenvalue weighted by atomic mass is 32.1. The van der Waals surface area contributed by atoms with Gasteiger partial charge in [-0.2, -0.15) is 4.98 Å². The fraction of sp³-hybridized carbons (Fsp3) is 0.111. The number of thiocarbonyl (C=S) groups is 1. The predicted molar refractivity (Wildman–Crippen MR) is 96.4 cm³/mol. The Labute approximate surface area is 140 Å². The second kappa shape index (κ2) is 6.62. The van der Waals surface area contributed by atoms with Crippen LogP contribution in [0.5, 0.6) is 11.6 Å². The molecule has 0 spiro atoms. The number of rotatable bonds is 3. The molecule has 0 aliphatic heterocycles. The summed E-state index contributed by atoms with van der Waals surface area (Å²) in [5.41, 5.74) is 0. The van der Waals surface area contributed by atoms with E-state index < -0.39 is 0 Å². The molecule has 5 heteroatoms. The molecule has 1 aromatic heterocycles. The van der Waals surface area contributed by atoms with Crippen molar-refractivity contribution in [2.45, 2.75) is 0 Å². The molecule has 0 aliphatic carbocycles. The standard InChI is InChI=1S/C18H16N2O2S/c1-20(16-11-6-12-17(19-16)21-2)18(23)22-15-10-5-8-13-7-3-4-9-14(13)15/h3-12H,1-2H3. The van der Waals surface area contributed by atoms with Gasteiger partial charge in [0.15, 0.2) is 0 Å². The summed E-state index contributed by atoms with van der Waals surface area (Å²) in [5, 5.41) is 2.45. The molecule has 0 N–H and O–H groups in total. The number of ether oxygens (including phenoxy) is 2. The van der Waals surface area contributed by atoms with Crippen LogP contribution in [0.1, 0.15) is 0 Å². The molecule has 0 amide bonds. The van der Waals surface area contributed by atoms with E-state index in [0.29, 0.717) is 16.9 Å². The largest absolute Gasteiger partial charge is 0.481 e. The lowest BCUT2D eigenvalue weighted by atomic mass is 10.1. The van der Waals surface area contributed by atoms with Gasteiger partial charge >= 0.3 is 0 Å². The zero-order chi connectivity index (χ0) is 16.2. The number of aromatic nitrogens is 1. The Hall–Kier alpha value is -2.66. The van der Waals surface area contributed by atoms with E-state index >= 15 is 0 Å². The van der Waals surface area contributed by atoms with Gasteiger partial charge in [-0.3, -0.25) is 4.90 Å². The average molecular weight is 324 g/mol. The number of anilines is 1. The summed E-state index contributed by atoms with van der Waals surface area (Å²) in [6.45, 7) is 0. The van der Waals surface area contributed by atoms with E-state index in [-0.39, 0.29) is 0 Å². The van der Waals surface area contributed by atoms with Crippen LogP contribution in [0.2, 0.25) is 0 Å². The Morgan fingerprint density at radius 3 is 2.57 bits per heavy atom. The van der Waals surface area contributed by atoms with Crippen LogP contribution in [0.3, 0.4) is 0 Å². The van der Waals surface area contributed by atoms with E-state index in [1.54, 1.807) is 18.1 Å². The topological polar surface area (TPSA) is 34.6 Å². The smallest absolute Gasteiger partial charge is 0.270 e. The van der Waals surface area contributed by atoms with Gasteiger partial charge in [0.25, 0.3) is 5.17 Å². The van der Waals surface area contributed by atoms with Gasteiger partial charge in [0.1, 0.15) is 11.6 Å². The number of hydrogen-bond acceptors (Lipinski definition) is 4. The summed E-state index contributed by atoms with van der Waals surface area (Å²) in [6, 6.07) is 19.4. The van der Waals surface area contributed by atoms with Gasteiger partial charge in [0, 0.05) is 18.5 Å². The second-order valence-electron chi connectivity index (χ2n) is 4.94. The van der Waals surface area contributed by atoms with E-state index in [0.717, 1.165) is 16.5 Å². The van der Waals surface area contributed by atoms with Crippen molar-refractivity contribution in [1.29, 1.82) is 0 Å². The van der Waals surface area contributed by atoms with Crippen LogP contribution in [0, 0.1) is 0 Å². The molecule has 3 rings (SSSR count). The first kappa shape index (κ1) is 15.2. The SMILES string of the molecule is COc1cccc(N(C)C(=S)Oc2cccc3ccccc23)n1. The maximum Gasteiger partial charge on any atom is 0.270 e. The third-order valence-electron chi connectivity index (χ3n) is 3.48. The van der Waals surface area contributed by atoms with Crippen LogP contribution < -0.4 is 14.4 Å². The minimum atomic E-state index is 0.321. The van der Waals surface area contributed by atoms with E-state index in [9.17, 15) is 0 Å². The average Bonchev–Trinajstić information content (AvgIpc) is 2.61. The highest BCUT2D eigenvalue weighted by Crippen LogP contribution is 2.26. The molecule has 23 heavy (non-hydrogen) atoms. The van der Waals surface area contributed by atoms with Crippen molar-refractivity contribution in [2.75, 3.05) is 19.1 Å². The molecule has 0 fully saturated rings. The van der Waals surface area contributed by atoms with E-state index in [2.05, 4.69) is 4.98 Å². The number of hydrogen-bond donors (Lipinski definition) is 0. The first-order chi connectivity index (χ1) is 11.2. The third kappa shape index (κ3) is 3.24. The lowest BCUT2D eigenvalue weighted by Gasteiger charge is -2.19. The molecule has 3 aromatic rings. The first-order valence-electron chi connectivity index (χ1n) is 7.13. The summed E-state index contributed by atoms with van der Waals surface area (Å²) >= 11 is 5.41. The zero-order valence-corrected chi connectivity index (χ0v) is 13.7. The zero-order valence-electron chi connectivity index (χ0n) is 12.9. The Morgan fingerprint density at radius 2 is 1.74 bits per heavy atom. The highest BCUT2D eigenvalue weighted by molar-refractivity contribution is 7.80. The van der Waals surface area contributed by atoms with Crippen LogP contribution in [-0.4, -0.2) is 24.3 Å². The fourth-order valence-electron chi connectivity index (χ4n) is 2.25. The molecule has 116 valence electrons. The lowest BCUT2D eigenvalue weighted by Crippen LogP contribution is -2.29. The maximum atomic E-state index is 5.89. The van der Waals surface area contributed by atoms with Gasteiger partial charge in [-0.25, -0.2) is 0 Å². The number of fused-ring (bicyclic) bond motifs is 1.